The fourth-order valence-corrected chi connectivity index (χ4v) is 1.32. The highest BCUT2D eigenvalue weighted by atomic mass is 16.6. The number of amides is 1. The molecule has 1 heterocycles. The van der Waals surface area contributed by atoms with Crippen molar-refractivity contribution in [1.29, 1.82) is 0 Å². The number of aliphatic carboxylic acids is 1. The van der Waals surface area contributed by atoms with Gasteiger partial charge in [0.15, 0.2) is 6.04 Å². The number of carbonyl (C=O) groups is 2. The van der Waals surface area contributed by atoms with Crippen LogP contribution in [0.3, 0.4) is 0 Å². The normalized spacial score (nSPS) is 12.3. The Balaban J connectivity index is 2.61. The number of anilines is 1. The monoisotopic (exact) mass is 297 g/mol. The number of carbonyl (C=O) groups excluding carboxylic acids is 1. The average molecular weight is 297 g/mol. The third-order valence-electron chi connectivity index (χ3n) is 2.20. The molecule has 4 N–H and O–H groups in total. The predicted molar refractivity (Wildman–Crippen MR) is 74.9 cm³/mol. The summed E-state index contributed by atoms with van der Waals surface area (Å²) >= 11 is 0. The minimum absolute atomic E-state index is 0.277. The van der Waals surface area contributed by atoms with Gasteiger partial charge in [0.2, 0.25) is 0 Å². The van der Waals surface area contributed by atoms with Gasteiger partial charge < -0.3 is 25.6 Å². The van der Waals surface area contributed by atoms with Crippen molar-refractivity contribution < 1.29 is 24.2 Å². The number of nitrogen functional groups attached to an aromatic ring is 1. The first kappa shape index (κ1) is 16.5. The Bertz CT molecular complexity index is 513. The van der Waals surface area contributed by atoms with Crippen LogP contribution in [0.25, 0.3) is 0 Å². The van der Waals surface area contributed by atoms with Crippen LogP contribution in [-0.2, 0) is 9.53 Å². The molecule has 0 aliphatic heterocycles. The number of rotatable bonds is 5. The summed E-state index contributed by atoms with van der Waals surface area (Å²) in [5.74, 6) is -0.948. The van der Waals surface area contributed by atoms with Crippen LogP contribution >= 0.6 is 0 Å². The van der Waals surface area contributed by atoms with Crippen molar-refractivity contribution in [3.05, 3.63) is 18.5 Å². The predicted octanol–water partition coefficient (Wildman–Crippen LogP) is 1.02. The lowest BCUT2D eigenvalue weighted by molar-refractivity contribution is -0.140. The summed E-state index contributed by atoms with van der Waals surface area (Å²) in [5, 5.41) is 11.3. The van der Waals surface area contributed by atoms with E-state index in [0.29, 0.717) is 5.75 Å². The minimum atomic E-state index is -1.26. The zero-order valence-electron chi connectivity index (χ0n) is 12.1. The van der Waals surface area contributed by atoms with Gasteiger partial charge in [-0.2, -0.15) is 0 Å². The first-order valence-corrected chi connectivity index (χ1v) is 6.23. The van der Waals surface area contributed by atoms with Crippen molar-refractivity contribution in [2.24, 2.45) is 0 Å². The van der Waals surface area contributed by atoms with Gasteiger partial charge in [0.25, 0.3) is 0 Å². The lowest BCUT2D eigenvalue weighted by Gasteiger charge is -2.22. The number of ether oxygens (including phenoxy) is 2. The van der Waals surface area contributed by atoms with Crippen LogP contribution in [0.15, 0.2) is 18.5 Å². The van der Waals surface area contributed by atoms with Gasteiger partial charge in [-0.25, -0.2) is 9.59 Å². The molecule has 8 nitrogen and oxygen atoms in total. The van der Waals surface area contributed by atoms with Crippen molar-refractivity contribution in [2.45, 2.75) is 32.4 Å². The molecule has 1 unspecified atom stereocenters. The van der Waals surface area contributed by atoms with Gasteiger partial charge in [-0.1, -0.05) is 0 Å². The number of carboxylic acids is 1. The number of alkyl carbamates (subject to hydrolysis) is 1. The smallest absolute Gasteiger partial charge is 0.408 e. The third-order valence-corrected chi connectivity index (χ3v) is 2.20. The molecule has 0 fully saturated rings. The van der Waals surface area contributed by atoms with Crippen LogP contribution in [0.1, 0.15) is 20.8 Å². The van der Waals surface area contributed by atoms with Gasteiger partial charge in [-0.05, 0) is 20.8 Å². The maximum Gasteiger partial charge on any atom is 0.408 e. The number of pyridine rings is 1. The molecule has 1 rings (SSSR count). The van der Waals surface area contributed by atoms with E-state index in [1.807, 2.05) is 0 Å². The zero-order chi connectivity index (χ0) is 16.0. The maximum absolute atomic E-state index is 11.6. The van der Waals surface area contributed by atoms with E-state index >= 15 is 0 Å². The van der Waals surface area contributed by atoms with E-state index in [9.17, 15) is 9.59 Å². The fourth-order valence-electron chi connectivity index (χ4n) is 1.32. The number of nitrogens with two attached hydrogens (primary N) is 1. The molecule has 1 atom stereocenters. The van der Waals surface area contributed by atoms with Crippen LogP contribution in [0.2, 0.25) is 0 Å². The average Bonchev–Trinajstić information content (AvgIpc) is 2.33. The van der Waals surface area contributed by atoms with Gasteiger partial charge in [0.1, 0.15) is 18.0 Å². The third kappa shape index (κ3) is 5.98. The summed E-state index contributed by atoms with van der Waals surface area (Å²) in [4.78, 5) is 26.5. The second kappa shape index (κ2) is 6.78. The fraction of sp³-hybridized carbons (Fsp3) is 0.462. The number of aromatic nitrogens is 1. The Labute approximate surface area is 122 Å². The Morgan fingerprint density at radius 3 is 2.67 bits per heavy atom. The molecule has 0 saturated carbocycles. The van der Waals surface area contributed by atoms with Crippen molar-refractivity contribution >= 4 is 17.7 Å². The Morgan fingerprint density at radius 2 is 2.14 bits per heavy atom. The molecular formula is C13H19N3O5. The van der Waals surface area contributed by atoms with Gasteiger partial charge >= 0.3 is 12.1 Å². The van der Waals surface area contributed by atoms with Crippen molar-refractivity contribution in [1.82, 2.24) is 10.3 Å². The van der Waals surface area contributed by atoms with Crippen LogP contribution in [0.5, 0.6) is 5.75 Å². The molecule has 116 valence electrons. The van der Waals surface area contributed by atoms with E-state index < -0.39 is 23.7 Å². The number of nitrogens with zero attached hydrogens (tertiary/aromatic N) is 1. The van der Waals surface area contributed by atoms with Gasteiger partial charge in [0.05, 0.1) is 11.9 Å². The second-order valence-electron chi connectivity index (χ2n) is 5.26. The highest BCUT2D eigenvalue weighted by Gasteiger charge is 2.24. The van der Waals surface area contributed by atoms with E-state index in [-0.39, 0.29) is 12.3 Å². The Hall–Kier alpha value is -2.51. The zero-order valence-corrected chi connectivity index (χ0v) is 12.1. The summed E-state index contributed by atoms with van der Waals surface area (Å²) in [6.45, 7) is 4.74. The molecule has 1 amide bonds. The molecule has 0 aliphatic rings. The second-order valence-corrected chi connectivity index (χ2v) is 5.26. The number of carboxylic acid groups (broad SMARTS) is 1. The van der Waals surface area contributed by atoms with Crippen LogP contribution in [-0.4, -0.2) is 40.4 Å². The molecule has 1 aromatic rings. The van der Waals surface area contributed by atoms with E-state index in [2.05, 4.69) is 10.3 Å². The molecule has 1 aromatic heterocycles. The van der Waals surface area contributed by atoms with Crippen LogP contribution in [0.4, 0.5) is 10.5 Å². The number of hydrogen-bond donors (Lipinski definition) is 3. The quantitative estimate of drug-likeness (QED) is 0.741. The van der Waals surface area contributed by atoms with E-state index in [1.54, 1.807) is 20.8 Å². The number of nitrogens with one attached hydrogen (secondary N) is 1. The molecule has 0 aliphatic carbocycles. The SMILES string of the molecule is CC(C)(C)OC(=O)NC(COc1ccncc1N)C(=O)O. The molecule has 8 heteroatoms. The Kier molecular flexibility index (Phi) is 5.34. The highest BCUT2D eigenvalue weighted by Crippen LogP contribution is 2.18. The first-order valence-electron chi connectivity index (χ1n) is 6.23. The number of hydrogen-bond acceptors (Lipinski definition) is 6. The molecule has 0 spiro atoms. The van der Waals surface area contributed by atoms with Crippen LogP contribution in [0, 0.1) is 0 Å². The topological polar surface area (TPSA) is 124 Å². The molecule has 0 bridgehead atoms. The minimum Gasteiger partial charge on any atom is -0.489 e. The summed E-state index contributed by atoms with van der Waals surface area (Å²) in [7, 11) is 0. The Morgan fingerprint density at radius 1 is 1.48 bits per heavy atom. The van der Waals surface area contributed by atoms with E-state index in [0.717, 1.165) is 0 Å². The molecule has 0 saturated heterocycles. The molecule has 0 aromatic carbocycles. The lowest BCUT2D eigenvalue weighted by atomic mass is 10.2. The highest BCUT2D eigenvalue weighted by molar-refractivity contribution is 5.80. The van der Waals surface area contributed by atoms with Gasteiger partial charge in [-0.3, -0.25) is 4.98 Å². The standard InChI is InChI=1S/C13H19N3O5/c1-13(2,3)21-12(19)16-9(11(17)18)7-20-10-4-5-15-6-8(10)14/h4-6,9H,7,14H2,1-3H3,(H,16,19)(H,17,18). The largest absolute Gasteiger partial charge is 0.489 e. The van der Waals surface area contributed by atoms with E-state index in [1.165, 1.54) is 18.5 Å². The van der Waals surface area contributed by atoms with Crippen molar-refractivity contribution in [2.75, 3.05) is 12.3 Å². The van der Waals surface area contributed by atoms with Crippen LogP contribution < -0.4 is 15.8 Å². The van der Waals surface area contributed by atoms with Gasteiger partial charge in [-0.15, -0.1) is 0 Å². The summed E-state index contributed by atoms with van der Waals surface area (Å²) in [6.07, 6.45) is 2.01. The van der Waals surface area contributed by atoms with Gasteiger partial charge in [0, 0.05) is 12.3 Å². The maximum atomic E-state index is 11.6. The summed E-state index contributed by atoms with van der Waals surface area (Å²) in [6, 6.07) is 0.245. The molecule has 21 heavy (non-hydrogen) atoms. The summed E-state index contributed by atoms with van der Waals surface area (Å²) in [5.41, 5.74) is 5.18. The molecule has 0 radical (unpaired) electrons. The van der Waals surface area contributed by atoms with Crippen molar-refractivity contribution in [3.63, 3.8) is 0 Å². The van der Waals surface area contributed by atoms with Crippen molar-refractivity contribution in [3.8, 4) is 5.75 Å². The molecular weight excluding hydrogens is 278 g/mol. The van der Waals surface area contributed by atoms with E-state index in [4.69, 9.17) is 20.3 Å². The first-order chi connectivity index (χ1) is 9.69. The lowest BCUT2D eigenvalue weighted by Crippen LogP contribution is -2.46. The summed E-state index contributed by atoms with van der Waals surface area (Å²) < 4.78 is 10.3.